The maximum atomic E-state index is 12.9. The molecule has 1 rings (SSSR count). The SMILES string of the molecule is CN(CCC(F)(F)F)c1ccc(F)cc1CO. The van der Waals surface area contributed by atoms with Crippen LogP contribution in [-0.4, -0.2) is 24.9 Å². The second-order valence-electron chi connectivity index (χ2n) is 3.72. The molecule has 0 amide bonds. The predicted molar refractivity (Wildman–Crippen MR) is 56.3 cm³/mol. The van der Waals surface area contributed by atoms with E-state index in [0.29, 0.717) is 5.69 Å². The van der Waals surface area contributed by atoms with Crippen LogP contribution in [0.1, 0.15) is 12.0 Å². The van der Waals surface area contributed by atoms with Crippen molar-refractivity contribution in [3.8, 4) is 0 Å². The van der Waals surface area contributed by atoms with Gasteiger partial charge in [0.2, 0.25) is 0 Å². The Morgan fingerprint density at radius 1 is 1.29 bits per heavy atom. The van der Waals surface area contributed by atoms with Gasteiger partial charge in [-0.05, 0) is 18.2 Å². The molecule has 0 saturated carbocycles. The minimum atomic E-state index is -4.23. The third-order valence-electron chi connectivity index (χ3n) is 2.35. The van der Waals surface area contributed by atoms with Gasteiger partial charge in [-0.2, -0.15) is 13.2 Å². The number of hydrogen-bond donors (Lipinski definition) is 1. The molecule has 0 radical (unpaired) electrons. The van der Waals surface area contributed by atoms with E-state index in [1.54, 1.807) is 0 Å². The van der Waals surface area contributed by atoms with E-state index in [4.69, 9.17) is 5.11 Å². The van der Waals surface area contributed by atoms with E-state index in [1.165, 1.54) is 18.0 Å². The van der Waals surface area contributed by atoms with E-state index in [9.17, 15) is 17.6 Å². The fraction of sp³-hybridized carbons (Fsp3) is 0.455. The van der Waals surface area contributed by atoms with Crippen LogP contribution in [-0.2, 0) is 6.61 Å². The molecule has 0 aliphatic heterocycles. The number of halogens is 4. The lowest BCUT2D eigenvalue weighted by Crippen LogP contribution is -2.25. The van der Waals surface area contributed by atoms with Gasteiger partial charge in [0.1, 0.15) is 5.82 Å². The number of benzene rings is 1. The zero-order valence-electron chi connectivity index (χ0n) is 9.26. The zero-order chi connectivity index (χ0) is 13.1. The lowest BCUT2D eigenvalue weighted by atomic mass is 10.1. The molecule has 0 aliphatic carbocycles. The molecule has 1 aromatic rings. The van der Waals surface area contributed by atoms with Crippen LogP contribution in [0, 0.1) is 5.82 Å². The van der Waals surface area contributed by atoms with Crippen molar-refractivity contribution >= 4 is 5.69 Å². The highest BCUT2D eigenvalue weighted by Crippen LogP contribution is 2.24. The summed E-state index contributed by atoms with van der Waals surface area (Å²) in [7, 11) is 1.47. The third kappa shape index (κ3) is 4.22. The van der Waals surface area contributed by atoms with E-state index in [0.717, 1.165) is 12.1 Å². The van der Waals surface area contributed by atoms with E-state index in [2.05, 4.69) is 0 Å². The van der Waals surface area contributed by atoms with Gasteiger partial charge < -0.3 is 10.0 Å². The fourth-order valence-corrected chi connectivity index (χ4v) is 1.47. The smallest absolute Gasteiger partial charge is 0.390 e. The number of nitrogens with zero attached hydrogens (tertiary/aromatic N) is 1. The normalized spacial score (nSPS) is 11.6. The Balaban J connectivity index is 2.78. The number of hydrogen-bond acceptors (Lipinski definition) is 2. The fourth-order valence-electron chi connectivity index (χ4n) is 1.47. The van der Waals surface area contributed by atoms with Gasteiger partial charge in [0, 0.05) is 24.8 Å². The van der Waals surface area contributed by atoms with Gasteiger partial charge in [0.25, 0.3) is 0 Å². The van der Waals surface area contributed by atoms with Crippen LogP contribution in [0.15, 0.2) is 18.2 Å². The summed E-state index contributed by atoms with van der Waals surface area (Å²) in [6, 6.07) is 3.62. The quantitative estimate of drug-likeness (QED) is 0.832. The Morgan fingerprint density at radius 3 is 2.47 bits per heavy atom. The summed E-state index contributed by atoms with van der Waals surface area (Å²) in [6.45, 7) is -0.647. The molecule has 0 unspecified atom stereocenters. The molecule has 2 nitrogen and oxygen atoms in total. The molecule has 1 aromatic carbocycles. The Labute approximate surface area is 96.5 Å². The second-order valence-corrected chi connectivity index (χ2v) is 3.72. The number of alkyl halides is 3. The van der Waals surface area contributed by atoms with Gasteiger partial charge in [-0.25, -0.2) is 4.39 Å². The van der Waals surface area contributed by atoms with Gasteiger partial charge in [0.05, 0.1) is 13.0 Å². The highest BCUT2D eigenvalue weighted by Gasteiger charge is 2.27. The summed E-state index contributed by atoms with van der Waals surface area (Å²) in [4.78, 5) is 1.35. The van der Waals surface area contributed by atoms with E-state index in [1.807, 2.05) is 0 Å². The third-order valence-corrected chi connectivity index (χ3v) is 2.35. The first-order chi connectivity index (χ1) is 7.83. The first kappa shape index (κ1) is 13.8. The molecule has 0 fully saturated rings. The maximum absolute atomic E-state index is 12.9. The highest BCUT2D eigenvalue weighted by molar-refractivity contribution is 5.52. The van der Waals surface area contributed by atoms with Crippen molar-refractivity contribution < 1.29 is 22.7 Å². The molecule has 1 N–H and O–H groups in total. The first-order valence-electron chi connectivity index (χ1n) is 5.00. The molecule has 0 bridgehead atoms. The molecule has 6 heteroatoms. The van der Waals surface area contributed by atoms with Crippen LogP contribution in [0.3, 0.4) is 0 Å². The van der Waals surface area contributed by atoms with Crippen molar-refractivity contribution in [1.82, 2.24) is 0 Å². The minimum Gasteiger partial charge on any atom is -0.392 e. The largest absolute Gasteiger partial charge is 0.392 e. The van der Waals surface area contributed by atoms with Crippen LogP contribution in [0.4, 0.5) is 23.2 Å². The molecule has 0 spiro atoms. The Hall–Kier alpha value is -1.30. The second kappa shape index (κ2) is 5.35. The Kier molecular flexibility index (Phi) is 4.34. The minimum absolute atomic E-state index is 0.234. The molecule has 17 heavy (non-hydrogen) atoms. The lowest BCUT2D eigenvalue weighted by Gasteiger charge is -2.22. The molecule has 96 valence electrons. The van der Waals surface area contributed by atoms with Gasteiger partial charge in [-0.3, -0.25) is 0 Å². The topological polar surface area (TPSA) is 23.5 Å². The Morgan fingerprint density at radius 2 is 1.94 bits per heavy atom. The molecule has 0 atom stereocenters. The van der Waals surface area contributed by atoms with Crippen molar-refractivity contribution in [2.45, 2.75) is 19.2 Å². The van der Waals surface area contributed by atoms with Crippen molar-refractivity contribution in [3.63, 3.8) is 0 Å². The van der Waals surface area contributed by atoms with E-state index in [-0.39, 0.29) is 12.1 Å². The highest BCUT2D eigenvalue weighted by atomic mass is 19.4. The summed E-state index contributed by atoms with van der Waals surface area (Å²) in [5.41, 5.74) is 0.674. The predicted octanol–water partition coefficient (Wildman–Crippen LogP) is 2.71. The molecular formula is C11H13F4NO. The van der Waals surface area contributed by atoms with Crippen LogP contribution in [0.5, 0.6) is 0 Å². The van der Waals surface area contributed by atoms with E-state index < -0.39 is 25.0 Å². The summed E-state index contributed by atoms with van der Waals surface area (Å²) in [5, 5.41) is 9.00. The standard InChI is InChI=1S/C11H13F4NO/c1-16(5-4-11(13,14)15)10-3-2-9(12)6-8(10)7-17/h2-3,6,17H,4-5,7H2,1H3. The van der Waals surface area contributed by atoms with Gasteiger partial charge >= 0.3 is 6.18 Å². The monoisotopic (exact) mass is 251 g/mol. The number of rotatable bonds is 4. The summed E-state index contributed by atoms with van der Waals surface area (Å²) >= 11 is 0. The molecule has 0 heterocycles. The average Bonchev–Trinajstić information content (AvgIpc) is 2.24. The number of aliphatic hydroxyl groups excluding tert-OH is 1. The Bertz CT molecular complexity index is 378. The van der Waals surface area contributed by atoms with Gasteiger partial charge in [-0.1, -0.05) is 0 Å². The van der Waals surface area contributed by atoms with Crippen molar-refractivity contribution in [3.05, 3.63) is 29.6 Å². The number of aliphatic hydroxyl groups is 1. The average molecular weight is 251 g/mol. The zero-order valence-corrected chi connectivity index (χ0v) is 9.26. The summed E-state index contributed by atoms with van der Waals surface area (Å²) < 4.78 is 49.0. The van der Waals surface area contributed by atoms with Crippen LogP contribution < -0.4 is 4.90 Å². The molecule has 0 aliphatic rings. The molecular weight excluding hydrogens is 238 g/mol. The molecule has 0 aromatic heterocycles. The molecule has 0 saturated heterocycles. The van der Waals surface area contributed by atoms with Crippen LogP contribution in [0.25, 0.3) is 0 Å². The van der Waals surface area contributed by atoms with Crippen molar-refractivity contribution in [2.24, 2.45) is 0 Å². The van der Waals surface area contributed by atoms with Crippen molar-refractivity contribution in [1.29, 1.82) is 0 Å². The van der Waals surface area contributed by atoms with Gasteiger partial charge in [-0.15, -0.1) is 0 Å². The van der Waals surface area contributed by atoms with Gasteiger partial charge in [0.15, 0.2) is 0 Å². The first-order valence-corrected chi connectivity index (χ1v) is 5.00. The maximum Gasteiger partial charge on any atom is 0.390 e. The van der Waals surface area contributed by atoms with Crippen molar-refractivity contribution in [2.75, 3.05) is 18.5 Å². The lowest BCUT2D eigenvalue weighted by molar-refractivity contribution is -0.132. The van der Waals surface area contributed by atoms with Crippen LogP contribution >= 0.6 is 0 Å². The van der Waals surface area contributed by atoms with E-state index >= 15 is 0 Å². The summed E-state index contributed by atoms with van der Waals surface area (Å²) in [6.07, 6.45) is -5.18. The van der Waals surface area contributed by atoms with Crippen LogP contribution in [0.2, 0.25) is 0 Å². The number of anilines is 1. The summed E-state index contributed by atoms with van der Waals surface area (Å²) in [5.74, 6) is -0.526.